The average molecular weight is 395 g/mol. The molecule has 0 aliphatic heterocycles. The predicted molar refractivity (Wildman–Crippen MR) is 74.7 cm³/mol. The highest BCUT2D eigenvalue weighted by Gasteiger charge is 2.44. The standard InChI is InChI=1S/C13H4Cl3F6N/c14-7-1-2-8(15)10(16)9(7)5-3-6(12(17,18)19)11(23-4-5)13(20,21)22/h1-4H. The molecule has 23 heavy (non-hydrogen) atoms. The molecule has 2 rings (SSSR count). The van der Waals surface area contributed by atoms with E-state index in [-0.39, 0.29) is 26.2 Å². The fourth-order valence-electron chi connectivity index (χ4n) is 1.84. The van der Waals surface area contributed by atoms with Crippen LogP contribution < -0.4 is 0 Å². The average Bonchev–Trinajstić information content (AvgIpc) is 2.41. The molecule has 0 saturated carbocycles. The lowest BCUT2D eigenvalue weighted by Crippen LogP contribution is -2.18. The van der Waals surface area contributed by atoms with Crippen LogP contribution in [0.5, 0.6) is 0 Å². The summed E-state index contributed by atoms with van der Waals surface area (Å²) >= 11 is 17.5. The molecule has 1 heterocycles. The van der Waals surface area contributed by atoms with Crippen LogP contribution in [0.3, 0.4) is 0 Å². The fourth-order valence-corrected chi connectivity index (χ4v) is 2.58. The molecular formula is C13H4Cl3F6N. The number of pyridine rings is 1. The Morgan fingerprint density at radius 1 is 0.826 bits per heavy atom. The number of halogens is 9. The molecule has 1 aromatic heterocycles. The van der Waals surface area contributed by atoms with Gasteiger partial charge in [-0.05, 0) is 18.2 Å². The van der Waals surface area contributed by atoms with Gasteiger partial charge in [-0.3, -0.25) is 4.98 Å². The van der Waals surface area contributed by atoms with Crippen LogP contribution in [0.1, 0.15) is 11.3 Å². The van der Waals surface area contributed by atoms with Crippen molar-refractivity contribution < 1.29 is 26.3 Å². The smallest absolute Gasteiger partial charge is 0.251 e. The van der Waals surface area contributed by atoms with Gasteiger partial charge >= 0.3 is 12.4 Å². The summed E-state index contributed by atoms with van der Waals surface area (Å²) in [5.74, 6) is 0. The van der Waals surface area contributed by atoms with Crippen molar-refractivity contribution in [1.29, 1.82) is 0 Å². The monoisotopic (exact) mass is 393 g/mol. The van der Waals surface area contributed by atoms with Crippen LogP contribution in [0.25, 0.3) is 11.1 Å². The first-order valence-corrected chi connectivity index (χ1v) is 6.84. The van der Waals surface area contributed by atoms with Crippen LogP contribution in [0.2, 0.25) is 15.1 Å². The predicted octanol–water partition coefficient (Wildman–Crippen LogP) is 6.75. The van der Waals surface area contributed by atoms with Crippen LogP contribution in [0.4, 0.5) is 26.3 Å². The van der Waals surface area contributed by atoms with Gasteiger partial charge in [0.1, 0.15) is 0 Å². The maximum atomic E-state index is 12.9. The van der Waals surface area contributed by atoms with Crippen LogP contribution in [-0.2, 0) is 12.4 Å². The molecule has 0 unspecified atom stereocenters. The fraction of sp³-hybridized carbons (Fsp3) is 0.154. The minimum Gasteiger partial charge on any atom is -0.251 e. The van der Waals surface area contributed by atoms with Gasteiger partial charge in [-0.1, -0.05) is 34.8 Å². The summed E-state index contributed by atoms with van der Waals surface area (Å²) < 4.78 is 76.9. The second kappa shape index (κ2) is 6.03. The van der Waals surface area contributed by atoms with Gasteiger partial charge in [0.15, 0.2) is 5.69 Å². The quantitative estimate of drug-likeness (QED) is 0.385. The summed E-state index contributed by atoms with van der Waals surface area (Å²) in [5, 5.41) is -0.276. The maximum Gasteiger partial charge on any atom is 0.433 e. The first-order valence-electron chi connectivity index (χ1n) is 5.71. The van der Waals surface area contributed by atoms with Crippen molar-refractivity contribution in [3.63, 3.8) is 0 Å². The van der Waals surface area contributed by atoms with E-state index in [1.807, 2.05) is 0 Å². The van der Waals surface area contributed by atoms with Crippen molar-refractivity contribution in [2.45, 2.75) is 12.4 Å². The third-order valence-electron chi connectivity index (χ3n) is 2.79. The molecule has 0 radical (unpaired) electrons. The van der Waals surface area contributed by atoms with Crippen molar-refractivity contribution in [3.8, 4) is 11.1 Å². The molecule has 0 saturated heterocycles. The molecule has 0 aliphatic carbocycles. The van der Waals surface area contributed by atoms with Gasteiger partial charge in [-0.15, -0.1) is 0 Å². The highest BCUT2D eigenvalue weighted by atomic mass is 35.5. The van der Waals surface area contributed by atoms with E-state index in [2.05, 4.69) is 4.98 Å². The number of benzene rings is 1. The van der Waals surface area contributed by atoms with Gasteiger partial charge in [-0.25, -0.2) is 0 Å². The van der Waals surface area contributed by atoms with Crippen molar-refractivity contribution >= 4 is 34.8 Å². The number of aromatic nitrogens is 1. The zero-order valence-corrected chi connectivity index (χ0v) is 12.9. The van der Waals surface area contributed by atoms with Crippen LogP contribution in [0.15, 0.2) is 24.4 Å². The van der Waals surface area contributed by atoms with Gasteiger partial charge < -0.3 is 0 Å². The Morgan fingerprint density at radius 3 is 1.91 bits per heavy atom. The van der Waals surface area contributed by atoms with E-state index in [1.165, 1.54) is 12.1 Å². The Kier molecular flexibility index (Phi) is 4.76. The molecular weight excluding hydrogens is 390 g/mol. The number of hydrogen-bond acceptors (Lipinski definition) is 1. The molecule has 0 atom stereocenters. The lowest BCUT2D eigenvalue weighted by atomic mass is 10.0. The second-order valence-electron chi connectivity index (χ2n) is 4.33. The summed E-state index contributed by atoms with van der Waals surface area (Å²) in [6, 6.07) is 2.85. The molecule has 1 aromatic carbocycles. The number of alkyl halides is 6. The largest absolute Gasteiger partial charge is 0.433 e. The highest BCUT2D eigenvalue weighted by molar-refractivity contribution is 6.46. The van der Waals surface area contributed by atoms with Crippen molar-refractivity contribution in [2.24, 2.45) is 0 Å². The second-order valence-corrected chi connectivity index (χ2v) is 5.53. The maximum absolute atomic E-state index is 12.9. The minimum atomic E-state index is -5.26. The highest BCUT2D eigenvalue weighted by Crippen LogP contribution is 2.44. The minimum absolute atomic E-state index is 0.0143. The Labute approximate surface area is 140 Å². The Bertz CT molecular complexity index is 755. The first kappa shape index (κ1) is 18.2. The third kappa shape index (κ3) is 3.67. The lowest BCUT2D eigenvalue weighted by molar-refractivity contribution is -0.164. The zero-order valence-electron chi connectivity index (χ0n) is 10.7. The summed E-state index contributed by atoms with van der Waals surface area (Å²) in [6.45, 7) is 0. The number of hydrogen-bond donors (Lipinski definition) is 0. The summed E-state index contributed by atoms with van der Waals surface area (Å²) in [7, 11) is 0. The van der Waals surface area contributed by atoms with Gasteiger partial charge in [-0.2, -0.15) is 26.3 Å². The van der Waals surface area contributed by atoms with Crippen LogP contribution >= 0.6 is 34.8 Å². The van der Waals surface area contributed by atoms with E-state index >= 15 is 0 Å². The van der Waals surface area contributed by atoms with E-state index in [1.54, 1.807) is 0 Å². The molecule has 0 N–H and O–H groups in total. The summed E-state index contributed by atoms with van der Waals surface area (Å²) in [5.41, 5.74) is -4.44. The molecule has 10 heteroatoms. The molecule has 124 valence electrons. The van der Waals surface area contributed by atoms with Gasteiger partial charge in [0.05, 0.1) is 20.6 Å². The van der Waals surface area contributed by atoms with Gasteiger partial charge in [0.25, 0.3) is 0 Å². The number of rotatable bonds is 1. The summed E-state index contributed by atoms with van der Waals surface area (Å²) in [6.07, 6.45) is -9.90. The molecule has 0 aliphatic rings. The van der Waals surface area contributed by atoms with Crippen molar-refractivity contribution in [3.05, 3.63) is 50.7 Å². The van der Waals surface area contributed by atoms with E-state index < -0.39 is 23.6 Å². The van der Waals surface area contributed by atoms with Crippen molar-refractivity contribution in [1.82, 2.24) is 4.98 Å². The SMILES string of the molecule is FC(F)(F)c1cc(-c2c(Cl)ccc(Cl)c2Cl)cnc1C(F)(F)F. The van der Waals surface area contributed by atoms with E-state index in [0.29, 0.717) is 12.3 Å². The first-order chi connectivity index (χ1) is 10.4. The van der Waals surface area contributed by atoms with Crippen LogP contribution in [0, 0.1) is 0 Å². The zero-order chi connectivity index (χ0) is 17.6. The molecule has 0 bridgehead atoms. The Balaban J connectivity index is 2.76. The molecule has 1 nitrogen and oxygen atoms in total. The molecule has 0 amide bonds. The molecule has 0 fully saturated rings. The Hall–Kier alpha value is -1.18. The third-order valence-corrected chi connectivity index (χ3v) is 3.91. The van der Waals surface area contributed by atoms with Crippen molar-refractivity contribution in [2.75, 3.05) is 0 Å². The van der Waals surface area contributed by atoms with Crippen LogP contribution in [-0.4, -0.2) is 4.98 Å². The van der Waals surface area contributed by atoms with Gasteiger partial charge in [0, 0.05) is 17.3 Å². The molecule has 0 spiro atoms. The van der Waals surface area contributed by atoms with E-state index in [0.717, 1.165) is 0 Å². The topological polar surface area (TPSA) is 12.9 Å². The molecule has 2 aromatic rings. The summed E-state index contributed by atoms with van der Waals surface area (Å²) in [4.78, 5) is 2.90. The normalized spacial score (nSPS) is 12.6. The number of nitrogens with zero attached hydrogens (tertiary/aromatic N) is 1. The lowest BCUT2D eigenvalue weighted by Gasteiger charge is -2.16. The van der Waals surface area contributed by atoms with E-state index in [9.17, 15) is 26.3 Å². The Morgan fingerprint density at radius 2 is 1.39 bits per heavy atom. The van der Waals surface area contributed by atoms with Gasteiger partial charge in [0.2, 0.25) is 0 Å². The van der Waals surface area contributed by atoms with E-state index in [4.69, 9.17) is 34.8 Å².